The highest BCUT2D eigenvalue weighted by atomic mass is 35.5. The Bertz CT molecular complexity index is 1350. The van der Waals surface area contributed by atoms with Crippen LogP contribution in [0.4, 0.5) is 5.69 Å². The molecular formula is C30H36ClN3O4S. The van der Waals surface area contributed by atoms with Crippen molar-refractivity contribution in [1.29, 1.82) is 0 Å². The number of rotatable bonds is 12. The van der Waals surface area contributed by atoms with Gasteiger partial charge in [0.1, 0.15) is 12.6 Å². The number of aryl methyl sites for hydroxylation is 1. The van der Waals surface area contributed by atoms with E-state index in [-0.39, 0.29) is 23.4 Å². The van der Waals surface area contributed by atoms with Crippen LogP contribution in [0.2, 0.25) is 5.02 Å². The zero-order chi connectivity index (χ0) is 28.6. The molecule has 208 valence electrons. The Hall–Kier alpha value is -3.36. The fourth-order valence-corrected chi connectivity index (χ4v) is 5.54. The average Bonchev–Trinajstić information content (AvgIpc) is 2.95. The molecule has 7 nitrogen and oxygen atoms in total. The summed E-state index contributed by atoms with van der Waals surface area (Å²) < 4.78 is 28.7. The van der Waals surface area contributed by atoms with Crippen LogP contribution in [0.5, 0.6) is 0 Å². The van der Waals surface area contributed by atoms with Gasteiger partial charge < -0.3 is 10.2 Å². The van der Waals surface area contributed by atoms with Crippen LogP contribution in [0.3, 0.4) is 0 Å². The number of carbonyl (C=O) groups is 2. The first-order valence-electron chi connectivity index (χ1n) is 13.1. The second kappa shape index (κ2) is 13.6. The zero-order valence-electron chi connectivity index (χ0n) is 22.8. The van der Waals surface area contributed by atoms with Crippen molar-refractivity contribution in [2.24, 2.45) is 0 Å². The maximum Gasteiger partial charge on any atom is 0.264 e. The third kappa shape index (κ3) is 7.83. The van der Waals surface area contributed by atoms with E-state index in [0.29, 0.717) is 10.7 Å². The van der Waals surface area contributed by atoms with E-state index in [4.69, 9.17) is 11.6 Å². The van der Waals surface area contributed by atoms with E-state index in [0.717, 1.165) is 28.3 Å². The summed E-state index contributed by atoms with van der Waals surface area (Å²) in [6.07, 6.45) is 1.53. The zero-order valence-corrected chi connectivity index (χ0v) is 24.4. The summed E-state index contributed by atoms with van der Waals surface area (Å²) in [6.45, 7) is 7.15. The molecule has 39 heavy (non-hydrogen) atoms. The second-order valence-electron chi connectivity index (χ2n) is 9.49. The molecule has 0 aliphatic carbocycles. The Balaban J connectivity index is 2.01. The maximum atomic E-state index is 13.9. The van der Waals surface area contributed by atoms with Crippen LogP contribution >= 0.6 is 11.6 Å². The lowest BCUT2D eigenvalue weighted by Gasteiger charge is -2.32. The van der Waals surface area contributed by atoms with E-state index >= 15 is 0 Å². The summed E-state index contributed by atoms with van der Waals surface area (Å²) in [5.41, 5.74) is 2.18. The fourth-order valence-electron chi connectivity index (χ4n) is 3.98. The largest absolute Gasteiger partial charge is 0.352 e. The minimum atomic E-state index is -4.08. The molecule has 0 spiro atoms. The summed E-state index contributed by atoms with van der Waals surface area (Å²) in [5, 5.41) is 3.48. The minimum absolute atomic E-state index is 0.0699. The summed E-state index contributed by atoms with van der Waals surface area (Å²) in [5.74, 6) is -0.813. The minimum Gasteiger partial charge on any atom is -0.352 e. The molecule has 3 aromatic rings. The average molecular weight is 570 g/mol. The molecule has 0 fully saturated rings. The second-order valence-corrected chi connectivity index (χ2v) is 11.8. The van der Waals surface area contributed by atoms with E-state index in [2.05, 4.69) is 5.32 Å². The van der Waals surface area contributed by atoms with Crippen LogP contribution in [0.25, 0.3) is 0 Å². The van der Waals surface area contributed by atoms with Gasteiger partial charge in [-0.1, -0.05) is 67.9 Å². The molecule has 0 bridgehead atoms. The van der Waals surface area contributed by atoms with Gasteiger partial charge in [0.2, 0.25) is 11.8 Å². The number of amides is 2. The topological polar surface area (TPSA) is 86.8 Å². The van der Waals surface area contributed by atoms with Crippen LogP contribution in [0, 0.1) is 0 Å². The molecule has 0 radical (unpaired) electrons. The van der Waals surface area contributed by atoms with E-state index < -0.39 is 28.5 Å². The summed E-state index contributed by atoms with van der Waals surface area (Å²) in [7, 11) is -4.08. The molecule has 0 saturated carbocycles. The van der Waals surface area contributed by atoms with Crippen molar-refractivity contribution in [3.63, 3.8) is 0 Å². The van der Waals surface area contributed by atoms with Gasteiger partial charge in [0, 0.05) is 17.6 Å². The van der Waals surface area contributed by atoms with Crippen molar-refractivity contribution in [3.05, 3.63) is 95.0 Å². The molecular weight excluding hydrogens is 534 g/mol. The van der Waals surface area contributed by atoms with Crippen molar-refractivity contribution in [2.45, 2.75) is 64.1 Å². The molecule has 0 heterocycles. The summed E-state index contributed by atoms with van der Waals surface area (Å²) in [4.78, 5) is 28.5. The first kappa shape index (κ1) is 30.2. The quantitative estimate of drug-likeness (QED) is 0.315. The van der Waals surface area contributed by atoms with Gasteiger partial charge in [0.15, 0.2) is 0 Å². The van der Waals surface area contributed by atoms with Crippen molar-refractivity contribution in [2.75, 3.05) is 10.8 Å². The lowest BCUT2D eigenvalue weighted by atomic mass is 10.1. The van der Waals surface area contributed by atoms with E-state index in [9.17, 15) is 18.0 Å². The number of anilines is 1. The lowest BCUT2D eigenvalue weighted by Crippen LogP contribution is -2.52. The molecule has 0 aliphatic heterocycles. The van der Waals surface area contributed by atoms with Crippen molar-refractivity contribution in [3.8, 4) is 0 Å². The van der Waals surface area contributed by atoms with Crippen LogP contribution < -0.4 is 9.62 Å². The number of carbonyl (C=O) groups excluding carboxylic acids is 2. The number of nitrogens with one attached hydrogen (secondary N) is 1. The number of sulfonamides is 1. The lowest BCUT2D eigenvalue weighted by molar-refractivity contribution is -0.139. The van der Waals surface area contributed by atoms with Gasteiger partial charge in [0.05, 0.1) is 10.6 Å². The molecule has 0 unspecified atom stereocenters. The number of nitrogens with zero attached hydrogens (tertiary/aromatic N) is 2. The molecule has 0 aromatic heterocycles. The Morgan fingerprint density at radius 1 is 0.872 bits per heavy atom. The van der Waals surface area contributed by atoms with E-state index in [1.54, 1.807) is 61.5 Å². The van der Waals surface area contributed by atoms with Gasteiger partial charge in [0.25, 0.3) is 10.0 Å². The molecule has 3 aromatic carbocycles. The summed E-state index contributed by atoms with van der Waals surface area (Å²) >= 11 is 6.05. The van der Waals surface area contributed by atoms with Gasteiger partial charge in [-0.25, -0.2) is 8.42 Å². The van der Waals surface area contributed by atoms with Gasteiger partial charge >= 0.3 is 0 Å². The van der Waals surface area contributed by atoms with Crippen LogP contribution in [-0.4, -0.2) is 43.8 Å². The molecule has 1 N–H and O–H groups in total. The maximum absolute atomic E-state index is 13.9. The molecule has 9 heteroatoms. The Morgan fingerprint density at radius 2 is 1.46 bits per heavy atom. The van der Waals surface area contributed by atoms with E-state index in [1.165, 1.54) is 17.0 Å². The highest BCUT2D eigenvalue weighted by molar-refractivity contribution is 7.92. The molecule has 2 amide bonds. The molecule has 2 atom stereocenters. The Kier molecular flexibility index (Phi) is 10.5. The predicted octanol–water partition coefficient (Wildman–Crippen LogP) is 5.43. The van der Waals surface area contributed by atoms with Crippen molar-refractivity contribution in [1.82, 2.24) is 10.2 Å². The van der Waals surface area contributed by atoms with Gasteiger partial charge in [-0.2, -0.15) is 0 Å². The number of hydrogen-bond donors (Lipinski definition) is 1. The Labute approximate surface area is 236 Å². The summed E-state index contributed by atoms with van der Waals surface area (Å²) in [6, 6.07) is 21.2. The monoisotopic (exact) mass is 569 g/mol. The molecule has 3 rings (SSSR count). The highest BCUT2D eigenvalue weighted by Crippen LogP contribution is 2.25. The standard InChI is InChI=1S/C30H36ClN3O4S/c1-5-22(3)32-30(36)23(4)33(20-25-12-16-26(31)17-13-25)29(35)21-34(27-18-14-24(6-2)15-19-27)39(37,38)28-10-8-7-9-11-28/h7-19,22-23H,5-6,20-21H2,1-4H3,(H,32,36)/t22-,23-/m1/s1. The van der Waals surface area contributed by atoms with Crippen LogP contribution in [0.15, 0.2) is 83.8 Å². The van der Waals surface area contributed by atoms with Crippen LogP contribution in [-0.2, 0) is 32.6 Å². The first-order chi connectivity index (χ1) is 18.6. The highest BCUT2D eigenvalue weighted by Gasteiger charge is 2.32. The van der Waals surface area contributed by atoms with Crippen LogP contribution in [0.1, 0.15) is 45.2 Å². The predicted molar refractivity (Wildman–Crippen MR) is 156 cm³/mol. The first-order valence-corrected chi connectivity index (χ1v) is 14.9. The smallest absolute Gasteiger partial charge is 0.264 e. The van der Waals surface area contributed by atoms with Gasteiger partial charge in [-0.05, 0) is 74.2 Å². The fraction of sp³-hybridized carbons (Fsp3) is 0.333. The van der Waals surface area contributed by atoms with Crippen molar-refractivity contribution >= 4 is 39.1 Å². The third-order valence-corrected chi connectivity index (χ3v) is 8.72. The molecule has 0 aliphatic rings. The van der Waals surface area contributed by atoms with Gasteiger partial charge in [-0.3, -0.25) is 13.9 Å². The number of benzene rings is 3. The number of hydrogen-bond acceptors (Lipinski definition) is 4. The third-order valence-electron chi connectivity index (χ3n) is 6.68. The molecule has 0 saturated heterocycles. The normalized spacial score (nSPS) is 12.8. The SMILES string of the molecule is CCc1ccc(N(CC(=O)N(Cc2ccc(Cl)cc2)[C@H](C)C(=O)N[C@H](C)CC)S(=O)(=O)c2ccccc2)cc1. The van der Waals surface area contributed by atoms with Gasteiger partial charge in [-0.15, -0.1) is 0 Å². The Morgan fingerprint density at radius 3 is 2.03 bits per heavy atom. The van der Waals surface area contributed by atoms with Crippen molar-refractivity contribution < 1.29 is 18.0 Å². The van der Waals surface area contributed by atoms with E-state index in [1.807, 2.05) is 32.9 Å². The number of halogens is 1.